The summed E-state index contributed by atoms with van der Waals surface area (Å²) in [6.45, 7) is 0. The third-order valence-electron chi connectivity index (χ3n) is 7.90. The number of fused-ring (bicyclic) bond motifs is 20. The van der Waals surface area contributed by atoms with E-state index in [0.29, 0.717) is 113 Å². The van der Waals surface area contributed by atoms with Gasteiger partial charge in [-0.2, -0.15) is 0 Å². The van der Waals surface area contributed by atoms with Gasteiger partial charge in [0.15, 0.2) is 23.3 Å². The van der Waals surface area contributed by atoms with Gasteiger partial charge in [-0.1, -0.05) is 92.8 Å². The molecule has 0 aliphatic carbocycles. The van der Waals surface area contributed by atoms with Crippen LogP contribution in [0, 0.1) is 0 Å². The van der Waals surface area contributed by atoms with Crippen molar-refractivity contribution < 1.29 is 0 Å². The molecule has 0 amide bonds. The molecule has 4 aromatic carbocycles. The summed E-state index contributed by atoms with van der Waals surface area (Å²) in [4.78, 5) is 35.8. The Kier molecular flexibility index (Phi) is 7.04. The van der Waals surface area contributed by atoms with Gasteiger partial charge in [-0.3, -0.25) is 0 Å². The number of hydrogen-bond acceptors (Lipinski definition) is 6. The number of nitrogens with zero attached hydrogens (tertiary/aromatic N) is 6. The van der Waals surface area contributed by atoms with Gasteiger partial charge in [-0.15, -0.1) is 0 Å². The third-order valence-corrected chi connectivity index (χ3v) is 9.97. The lowest BCUT2D eigenvalue weighted by atomic mass is 10.1. The van der Waals surface area contributed by atoms with Crippen LogP contribution in [0.5, 0.6) is 0 Å². The van der Waals surface area contributed by atoms with E-state index in [1.54, 1.807) is 48.5 Å². The molecule has 8 nitrogen and oxygen atoms in total. The van der Waals surface area contributed by atoms with Crippen molar-refractivity contribution in [2.24, 2.45) is 0 Å². The molecule has 8 bridgehead atoms. The molecule has 0 unspecified atom stereocenters. The van der Waals surface area contributed by atoms with Crippen molar-refractivity contribution in [3.05, 3.63) is 88.7 Å². The summed E-state index contributed by atoms with van der Waals surface area (Å²) in [5.41, 5.74) is 3.99. The number of rotatable bonds is 0. The highest BCUT2D eigenvalue weighted by Crippen LogP contribution is 2.46. The molecule has 5 heterocycles. The molecule has 3 aliphatic heterocycles. The molecule has 0 atom stereocenters. The molecule has 16 heteroatoms. The predicted octanol–water partition coefficient (Wildman–Crippen LogP) is 12.0. The lowest BCUT2D eigenvalue weighted by Crippen LogP contribution is -1.87. The smallest absolute Gasteiger partial charge is 0.166 e. The normalized spacial score (nSPS) is 12.2. The molecule has 2 aromatic heterocycles. The molecule has 0 radical (unpaired) electrons. The van der Waals surface area contributed by atoms with Crippen molar-refractivity contribution in [1.29, 1.82) is 0 Å². The second-order valence-electron chi connectivity index (χ2n) is 10.9. The Bertz CT molecular complexity index is 2690. The Morgan fingerprint density at radius 2 is 0.812 bits per heavy atom. The first-order valence-corrected chi connectivity index (χ1v) is 16.8. The maximum absolute atomic E-state index is 6.78. The van der Waals surface area contributed by atoms with Crippen LogP contribution in [0.15, 0.2) is 48.5 Å². The average molecular weight is 790 g/mol. The van der Waals surface area contributed by atoms with Gasteiger partial charge < -0.3 is 9.97 Å². The second-order valence-corrected chi connectivity index (χ2v) is 14.2. The standard InChI is InChI=1S/C32H10Cl8N8/c33-9-1-13-21(17(37)5-9)29-43-25(13)41-26-14-2-10(34)6-18(38)22(14)31(44-26)48-32-24-16(4-12(36)8-20(24)40)28(46-32)42-27-15-3-11(35)7-19(39)23(15)30(45-27)47-29/h1-8H,(H2,41,42,43,44,45,46,47,48). The molecule has 9 rings (SSSR count). The van der Waals surface area contributed by atoms with Crippen LogP contribution in [0.25, 0.3) is 90.4 Å². The Morgan fingerprint density at radius 1 is 0.375 bits per heavy atom. The fourth-order valence-corrected chi connectivity index (χ4v) is 8.30. The number of aromatic amines is 2. The molecular formula is C32H10Cl8N8. The van der Waals surface area contributed by atoms with Crippen LogP contribution in [0.2, 0.25) is 40.2 Å². The fraction of sp³-hybridized carbons (Fsp3) is 0. The SMILES string of the molecule is Clc1cc(Cl)c2c(c1)-c1nc3nc([nH]c4nc(nc5[nH]c(nc-2n1)c1c(Cl)cc(Cl)cc51)-c1cc(Cl)cc(Cl)c1-4)-c1c(Cl)cc(Cl)cc1-3. The number of nitrogens with one attached hydrogen (secondary N) is 2. The van der Waals surface area contributed by atoms with E-state index < -0.39 is 0 Å². The first-order valence-electron chi connectivity index (χ1n) is 13.8. The Balaban J connectivity index is 1.51. The van der Waals surface area contributed by atoms with Gasteiger partial charge in [0.25, 0.3) is 0 Å². The first kappa shape index (κ1) is 30.6. The minimum atomic E-state index is 0.251. The highest BCUT2D eigenvalue weighted by atomic mass is 35.5. The van der Waals surface area contributed by atoms with Crippen LogP contribution in [-0.2, 0) is 0 Å². The molecule has 0 spiro atoms. The molecule has 0 fully saturated rings. The van der Waals surface area contributed by atoms with E-state index in [0.717, 1.165) is 0 Å². The van der Waals surface area contributed by atoms with Crippen LogP contribution in [-0.4, -0.2) is 39.9 Å². The van der Waals surface area contributed by atoms with Gasteiger partial charge in [0.1, 0.15) is 22.9 Å². The molecule has 6 aromatic rings. The first-order chi connectivity index (χ1) is 23.0. The summed E-state index contributed by atoms with van der Waals surface area (Å²) >= 11 is 53.0. The Labute approximate surface area is 309 Å². The van der Waals surface area contributed by atoms with Crippen molar-refractivity contribution in [3.8, 4) is 68.3 Å². The van der Waals surface area contributed by atoms with Crippen molar-refractivity contribution in [2.45, 2.75) is 0 Å². The summed E-state index contributed by atoms with van der Waals surface area (Å²) in [5.74, 6) is 1.77. The molecule has 0 saturated heterocycles. The number of H-pyrrole nitrogens is 2. The van der Waals surface area contributed by atoms with Crippen LogP contribution >= 0.6 is 92.8 Å². The Morgan fingerprint density at radius 3 is 1.42 bits per heavy atom. The number of benzene rings is 4. The number of hydrogen-bond donors (Lipinski definition) is 2. The van der Waals surface area contributed by atoms with Crippen LogP contribution in [0.1, 0.15) is 0 Å². The van der Waals surface area contributed by atoms with Gasteiger partial charge in [0.05, 0.1) is 20.1 Å². The average Bonchev–Trinajstić information content (AvgIpc) is 3.72. The second kappa shape index (κ2) is 11.0. The molecule has 2 N–H and O–H groups in total. The highest BCUT2D eigenvalue weighted by Gasteiger charge is 2.29. The van der Waals surface area contributed by atoms with E-state index in [9.17, 15) is 0 Å². The number of aromatic nitrogens is 8. The fourth-order valence-electron chi connectivity index (χ4n) is 5.98. The van der Waals surface area contributed by atoms with Crippen molar-refractivity contribution >= 4 is 115 Å². The van der Waals surface area contributed by atoms with Gasteiger partial charge in [-0.05, 0) is 48.5 Å². The maximum atomic E-state index is 6.78. The molecule has 3 aliphatic rings. The van der Waals surface area contributed by atoms with E-state index in [4.69, 9.17) is 123 Å². The van der Waals surface area contributed by atoms with Crippen LogP contribution in [0.3, 0.4) is 0 Å². The zero-order valence-corrected chi connectivity index (χ0v) is 29.4. The number of halogens is 8. The van der Waals surface area contributed by atoms with E-state index >= 15 is 0 Å². The molecular weight excluding hydrogens is 780 g/mol. The largest absolute Gasteiger partial charge is 0.324 e. The monoisotopic (exact) mass is 786 g/mol. The summed E-state index contributed by atoms with van der Waals surface area (Å²) in [6.07, 6.45) is 0. The minimum Gasteiger partial charge on any atom is -0.324 e. The van der Waals surface area contributed by atoms with Crippen molar-refractivity contribution in [3.63, 3.8) is 0 Å². The maximum Gasteiger partial charge on any atom is 0.166 e. The predicted molar refractivity (Wildman–Crippen MR) is 194 cm³/mol. The lowest BCUT2D eigenvalue weighted by Gasteiger charge is -2.05. The summed E-state index contributed by atoms with van der Waals surface area (Å²) in [6, 6.07) is 13.3. The quantitative estimate of drug-likeness (QED) is 0.158. The summed E-state index contributed by atoms with van der Waals surface area (Å²) < 4.78 is 0. The topological polar surface area (TPSA) is 109 Å². The van der Waals surface area contributed by atoms with Crippen LogP contribution < -0.4 is 0 Å². The molecule has 48 heavy (non-hydrogen) atoms. The highest BCUT2D eigenvalue weighted by molar-refractivity contribution is 6.41. The zero-order valence-electron chi connectivity index (χ0n) is 23.3. The zero-order chi connectivity index (χ0) is 33.2. The van der Waals surface area contributed by atoms with Crippen molar-refractivity contribution in [2.75, 3.05) is 0 Å². The van der Waals surface area contributed by atoms with Gasteiger partial charge >= 0.3 is 0 Å². The van der Waals surface area contributed by atoms with Crippen LogP contribution in [0.4, 0.5) is 0 Å². The van der Waals surface area contributed by atoms with Gasteiger partial charge in [-0.25, -0.2) is 29.9 Å². The van der Waals surface area contributed by atoms with E-state index in [2.05, 4.69) is 9.97 Å². The van der Waals surface area contributed by atoms with E-state index in [-0.39, 0.29) is 17.5 Å². The van der Waals surface area contributed by atoms with Gasteiger partial charge in [0, 0.05) is 64.2 Å². The van der Waals surface area contributed by atoms with E-state index in [1.807, 2.05) is 0 Å². The summed E-state index contributed by atoms with van der Waals surface area (Å²) in [7, 11) is 0. The third kappa shape index (κ3) is 4.74. The molecule has 0 saturated carbocycles. The minimum absolute atomic E-state index is 0.251. The van der Waals surface area contributed by atoms with Crippen molar-refractivity contribution in [1.82, 2.24) is 39.9 Å². The van der Waals surface area contributed by atoms with Gasteiger partial charge in [0.2, 0.25) is 0 Å². The Hall–Kier alpha value is -3.44. The van der Waals surface area contributed by atoms with E-state index in [1.165, 1.54) is 0 Å². The lowest BCUT2D eigenvalue weighted by molar-refractivity contribution is 1.15. The molecule has 234 valence electrons. The summed E-state index contributed by atoms with van der Waals surface area (Å²) in [5, 5.41) is 4.02.